The Morgan fingerprint density at radius 3 is 2.45 bits per heavy atom. The van der Waals surface area contributed by atoms with Gasteiger partial charge in [0.25, 0.3) is 0 Å². The van der Waals surface area contributed by atoms with Crippen LogP contribution < -0.4 is 5.32 Å². The standard InChI is InChI=1S/C25H30ClNO4/c1-5-13-30-22(28)16-25(27-23(29)31-24(2,3)4)15-21(25)18-11-9-17(10-12-18)19-7-6-8-20(26)14-19/h6-12,14,21H,5,13,15-16H2,1-4H3,(H,27,29)/t21-,25?/m0/s1. The van der Waals surface area contributed by atoms with Crippen LogP contribution in [-0.2, 0) is 14.3 Å². The van der Waals surface area contributed by atoms with Gasteiger partial charge in [-0.3, -0.25) is 4.79 Å². The molecule has 1 saturated carbocycles. The summed E-state index contributed by atoms with van der Waals surface area (Å²) in [5, 5.41) is 3.64. The summed E-state index contributed by atoms with van der Waals surface area (Å²) in [5.74, 6) is -0.293. The van der Waals surface area contributed by atoms with Crippen LogP contribution in [0.5, 0.6) is 0 Å². The van der Waals surface area contributed by atoms with E-state index in [-0.39, 0.29) is 18.3 Å². The van der Waals surface area contributed by atoms with Crippen LogP contribution in [0.15, 0.2) is 48.5 Å². The number of carbonyl (C=O) groups excluding carboxylic acids is 2. The average Bonchev–Trinajstić information content (AvgIpc) is 3.37. The molecule has 0 bridgehead atoms. The molecule has 31 heavy (non-hydrogen) atoms. The van der Waals surface area contributed by atoms with Crippen LogP contribution in [0.25, 0.3) is 11.1 Å². The topological polar surface area (TPSA) is 64.6 Å². The molecule has 0 aliphatic heterocycles. The van der Waals surface area contributed by atoms with E-state index in [2.05, 4.69) is 5.32 Å². The minimum Gasteiger partial charge on any atom is -0.466 e. The van der Waals surface area contributed by atoms with E-state index in [1.807, 2.05) is 76.2 Å². The molecule has 166 valence electrons. The molecular weight excluding hydrogens is 414 g/mol. The lowest BCUT2D eigenvalue weighted by Gasteiger charge is -2.24. The Morgan fingerprint density at radius 2 is 1.84 bits per heavy atom. The molecule has 2 aromatic rings. The molecule has 1 amide bonds. The van der Waals surface area contributed by atoms with Crippen LogP contribution in [0.2, 0.25) is 5.02 Å². The molecule has 2 atom stereocenters. The van der Waals surface area contributed by atoms with Crippen molar-refractivity contribution in [3.05, 3.63) is 59.1 Å². The highest BCUT2D eigenvalue weighted by Crippen LogP contribution is 2.54. The molecule has 1 fully saturated rings. The fourth-order valence-electron chi connectivity index (χ4n) is 3.73. The van der Waals surface area contributed by atoms with Gasteiger partial charge in [-0.25, -0.2) is 4.79 Å². The Hall–Kier alpha value is -2.53. The van der Waals surface area contributed by atoms with Gasteiger partial charge >= 0.3 is 12.1 Å². The smallest absolute Gasteiger partial charge is 0.408 e. The van der Waals surface area contributed by atoms with Gasteiger partial charge in [0.15, 0.2) is 0 Å². The molecule has 6 heteroatoms. The van der Waals surface area contributed by atoms with Crippen LogP contribution in [0, 0.1) is 0 Å². The first-order chi connectivity index (χ1) is 14.6. The zero-order valence-corrected chi connectivity index (χ0v) is 19.3. The maximum Gasteiger partial charge on any atom is 0.408 e. The SMILES string of the molecule is CCCOC(=O)CC1(NC(=O)OC(C)(C)C)C[C@H]1c1ccc(-c2cccc(Cl)c2)cc1. The number of rotatable bonds is 7. The van der Waals surface area contributed by atoms with E-state index in [0.29, 0.717) is 18.1 Å². The second-order valence-electron chi connectivity index (χ2n) is 9.07. The van der Waals surface area contributed by atoms with Crippen LogP contribution in [0.4, 0.5) is 4.79 Å². The molecule has 5 nitrogen and oxygen atoms in total. The quantitative estimate of drug-likeness (QED) is 0.525. The van der Waals surface area contributed by atoms with Crippen molar-refractivity contribution in [3.8, 4) is 11.1 Å². The summed E-state index contributed by atoms with van der Waals surface area (Å²) in [6, 6.07) is 15.8. The number of esters is 1. The number of ether oxygens (including phenoxy) is 2. The van der Waals surface area contributed by atoms with Crippen molar-refractivity contribution in [2.24, 2.45) is 0 Å². The van der Waals surface area contributed by atoms with E-state index in [0.717, 1.165) is 23.1 Å². The number of hydrogen-bond acceptors (Lipinski definition) is 4. The van der Waals surface area contributed by atoms with Gasteiger partial charge in [0.05, 0.1) is 18.6 Å². The van der Waals surface area contributed by atoms with Crippen molar-refractivity contribution in [3.63, 3.8) is 0 Å². The van der Waals surface area contributed by atoms with Crippen molar-refractivity contribution in [1.82, 2.24) is 5.32 Å². The molecular formula is C25H30ClNO4. The van der Waals surface area contributed by atoms with Crippen molar-refractivity contribution >= 4 is 23.7 Å². The Kier molecular flexibility index (Phi) is 6.95. The number of hydrogen-bond donors (Lipinski definition) is 1. The molecule has 0 spiro atoms. The van der Waals surface area contributed by atoms with E-state index in [1.165, 1.54) is 0 Å². The number of halogens is 1. The fourth-order valence-corrected chi connectivity index (χ4v) is 3.92. The molecule has 1 N–H and O–H groups in total. The third-order valence-electron chi connectivity index (χ3n) is 5.22. The van der Waals surface area contributed by atoms with Gasteiger partial charge in [-0.15, -0.1) is 0 Å². The van der Waals surface area contributed by atoms with E-state index < -0.39 is 17.2 Å². The third kappa shape index (κ3) is 6.23. The van der Waals surface area contributed by atoms with Crippen molar-refractivity contribution in [2.75, 3.05) is 6.61 Å². The molecule has 2 aromatic carbocycles. The van der Waals surface area contributed by atoms with Gasteiger partial charge < -0.3 is 14.8 Å². The Morgan fingerprint density at radius 1 is 1.13 bits per heavy atom. The highest BCUT2D eigenvalue weighted by atomic mass is 35.5. The molecule has 0 aromatic heterocycles. The molecule has 0 heterocycles. The summed E-state index contributed by atoms with van der Waals surface area (Å²) in [4.78, 5) is 24.8. The highest BCUT2D eigenvalue weighted by Gasteiger charge is 2.57. The number of amides is 1. The second kappa shape index (κ2) is 9.31. The third-order valence-corrected chi connectivity index (χ3v) is 5.46. The minimum atomic E-state index is -0.690. The van der Waals surface area contributed by atoms with Crippen LogP contribution >= 0.6 is 11.6 Å². The lowest BCUT2D eigenvalue weighted by Crippen LogP contribution is -2.43. The lowest BCUT2D eigenvalue weighted by atomic mass is 9.99. The number of carbonyl (C=O) groups is 2. The van der Waals surface area contributed by atoms with Crippen LogP contribution in [0.3, 0.4) is 0 Å². The monoisotopic (exact) mass is 443 g/mol. The molecule has 1 unspecified atom stereocenters. The van der Waals surface area contributed by atoms with Gasteiger partial charge in [0.1, 0.15) is 5.60 Å². The first-order valence-corrected chi connectivity index (χ1v) is 11.0. The summed E-state index contributed by atoms with van der Waals surface area (Å²) < 4.78 is 10.7. The summed E-state index contributed by atoms with van der Waals surface area (Å²) in [5.41, 5.74) is 1.85. The van der Waals surface area contributed by atoms with Crippen LogP contribution in [-0.4, -0.2) is 29.8 Å². The summed E-state index contributed by atoms with van der Waals surface area (Å²) in [6.45, 7) is 7.76. The lowest BCUT2D eigenvalue weighted by molar-refractivity contribution is -0.144. The van der Waals surface area contributed by atoms with Gasteiger partial charge in [-0.1, -0.05) is 54.9 Å². The Balaban J connectivity index is 1.77. The van der Waals surface area contributed by atoms with E-state index >= 15 is 0 Å². The van der Waals surface area contributed by atoms with Gasteiger partial charge in [-0.05, 0) is 62.4 Å². The molecule has 1 aliphatic rings. The van der Waals surface area contributed by atoms with E-state index in [4.69, 9.17) is 21.1 Å². The number of benzene rings is 2. The predicted octanol–water partition coefficient (Wildman–Crippen LogP) is 6.10. The van der Waals surface area contributed by atoms with Crippen LogP contribution in [0.1, 0.15) is 58.4 Å². The maximum atomic E-state index is 12.5. The molecule has 0 saturated heterocycles. The predicted molar refractivity (Wildman–Crippen MR) is 122 cm³/mol. The largest absolute Gasteiger partial charge is 0.466 e. The summed E-state index contributed by atoms with van der Waals surface area (Å²) in [6.07, 6.45) is 1.01. The summed E-state index contributed by atoms with van der Waals surface area (Å²) >= 11 is 6.11. The Labute approximate surface area is 189 Å². The zero-order valence-electron chi connectivity index (χ0n) is 18.5. The average molecular weight is 444 g/mol. The first-order valence-electron chi connectivity index (χ1n) is 10.6. The van der Waals surface area contributed by atoms with Gasteiger partial charge in [0, 0.05) is 10.9 Å². The first kappa shape index (κ1) is 23.1. The number of nitrogens with one attached hydrogen (secondary N) is 1. The number of alkyl carbamates (subject to hydrolysis) is 1. The second-order valence-corrected chi connectivity index (χ2v) is 9.51. The van der Waals surface area contributed by atoms with E-state index in [9.17, 15) is 9.59 Å². The van der Waals surface area contributed by atoms with Crippen molar-refractivity contribution in [2.45, 2.75) is 64.0 Å². The summed E-state index contributed by atoms with van der Waals surface area (Å²) in [7, 11) is 0. The van der Waals surface area contributed by atoms with Crippen molar-refractivity contribution in [1.29, 1.82) is 0 Å². The molecule has 0 radical (unpaired) electrons. The molecule has 1 aliphatic carbocycles. The van der Waals surface area contributed by atoms with Gasteiger partial charge in [0.2, 0.25) is 0 Å². The minimum absolute atomic E-state index is 0.0163. The fraction of sp³-hybridized carbons (Fsp3) is 0.440. The Bertz CT molecular complexity index is 935. The molecule has 3 rings (SSSR count). The van der Waals surface area contributed by atoms with E-state index in [1.54, 1.807) is 0 Å². The van der Waals surface area contributed by atoms with Crippen molar-refractivity contribution < 1.29 is 19.1 Å². The maximum absolute atomic E-state index is 12.5. The van der Waals surface area contributed by atoms with Gasteiger partial charge in [-0.2, -0.15) is 0 Å². The zero-order chi connectivity index (χ0) is 22.6. The normalized spacial score (nSPS) is 20.1. The highest BCUT2D eigenvalue weighted by molar-refractivity contribution is 6.30.